The number of hydrogen-bond donors (Lipinski definition) is 2. The van der Waals surface area contributed by atoms with Crippen molar-refractivity contribution in [1.29, 1.82) is 0 Å². The molecule has 0 aliphatic carbocycles. The molecule has 1 aliphatic rings. The van der Waals surface area contributed by atoms with Gasteiger partial charge in [-0.05, 0) is 6.92 Å². The lowest BCUT2D eigenvalue weighted by Crippen LogP contribution is -2.47. The van der Waals surface area contributed by atoms with Gasteiger partial charge in [-0.25, -0.2) is 0 Å². The molecule has 2 N–H and O–H groups in total. The molecule has 0 aromatic heterocycles. The van der Waals surface area contributed by atoms with E-state index in [-0.39, 0.29) is 17.8 Å². The van der Waals surface area contributed by atoms with Gasteiger partial charge in [0.15, 0.2) is 0 Å². The highest BCUT2D eigenvalue weighted by Gasteiger charge is 2.28. The molecule has 0 spiro atoms. The van der Waals surface area contributed by atoms with Crippen LogP contribution >= 0.6 is 11.8 Å². The maximum atomic E-state index is 11.5. The van der Waals surface area contributed by atoms with E-state index >= 15 is 0 Å². The van der Waals surface area contributed by atoms with Crippen LogP contribution in [0.25, 0.3) is 0 Å². The Morgan fingerprint density at radius 2 is 2.56 bits per heavy atom. The second-order valence-corrected chi connectivity index (χ2v) is 4.22. The fraction of sp³-hybridized carbons (Fsp3) is 0.714. The Hall–Kier alpha value is -1.51. The summed E-state index contributed by atoms with van der Waals surface area (Å²) in [7, 11) is 0. The normalized spacial score (nSPS) is 21.1. The van der Waals surface area contributed by atoms with E-state index in [1.54, 1.807) is 6.92 Å². The summed E-state index contributed by atoms with van der Waals surface area (Å²) >= 11 is 1.03. The van der Waals surface area contributed by atoms with Crippen molar-refractivity contribution in [2.24, 2.45) is 0 Å². The number of nitrogens with one attached hydrogen (secondary N) is 2. The maximum Gasteiger partial charge on any atom is 0.294 e. The summed E-state index contributed by atoms with van der Waals surface area (Å²) in [4.78, 5) is 36.3. The van der Waals surface area contributed by atoms with Crippen molar-refractivity contribution < 1.29 is 19.5 Å². The number of carbonyl (C=O) groups excluding carboxylic acids is 2. The zero-order valence-electron chi connectivity index (χ0n) is 8.47. The monoisotopic (exact) mass is 249 g/mol. The zero-order chi connectivity index (χ0) is 12.1. The van der Waals surface area contributed by atoms with Gasteiger partial charge >= 0.3 is 0 Å². The Morgan fingerprint density at radius 3 is 3.06 bits per heavy atom. The largest absolute Gasteiger partial charge is 0.350 e. The smallest absolute Gasteiger partial charge is 0.294 e. The van der Waals surface area contributed by atoms with E-state index in [0.29, 0.717) is 5.75 Å². The van der Waals surface area contributed by atoms with Crippen molar-refractivity contribution in [1.82, 2.24) is 10.6 Å². The van der Waals surface area contributed by atoms with E-state index in [9.17, 15) is 19.7 Å². The fourth-order valence-corrected chi connectivity index (χ4v) is 1.86. The van der Waals surface area contributed by atoms with Gasteiger partial charge in [0.1, 0.15) is 12.6 Å². The Balaban J connectivity index is 2.28. The van der Waals surface area contributed by atoms with Gasteiger partial charge in [0.25, 0.3) is 10.3 Å². The Bertz CT molecular complexity index is 310. The van der Waals surface area contributed by atoms with Crippen LogP contribution in [0.15, 0.2) is 0 Å². The van der Waals surface area contributed by atoms with E-state index < -0.39 is 17.2 Å². The van der Waals surface area contributed by atoms with Crippen LogP contribution in [0.1, 0.15) is 6.92 Å². The van der Waals surface area contributed by atoms with E-state index in [1.807, 2.05) is 0 Å². The highest BCUT2D eigenvalue weighted by atomic mass is 32.2. The lowest BCUT2D eigenvalue weighted by Gasteiger charge is -2.15. The molecule has 0 aromatic rings. The third kappa shape index (κ3) is 3.93. The van der Waals surface area contributed by atoms with Crippen LogP contribution in [0.3, 0.4) is 0 Å². The third-order valence-corrected chi connectivity index (χ3v) is 2.69. The van der Waals surface area contributed by atoms with Crippen LogP contribution in [0.5, 0.6) is 0 Å². The molecule has 90 valence electrons. The number of nitrogens with zero attached hydrogens (tertiary/aromatic N) is 1. The highest BCUT2D eigenvalue weighted by Crippen LogP contribution is 2.12. The van der Waals surface area contributed by atoms with E-state index in [1.165, 1.54) is 0 Å². The van der Waals surface area contributed by atoms with Gasteiger partial charge in [-0.2, -0.15) is 0 Å². The van der Waals surface area contributed by atoms with E-state index in [4.69, 9.17) is 0 Å². The molecule has 1 heterocycles. The minimum atomic E-state index is -0.921. The SMILES string of the molecule is CC(CO[N+](=O)[O-])NC(=O)[C@@H]1CSC(=O)N1. The molecular weight excluding hydrogens is 238 g/mol. The quantitative estimate of drug-likeness (QED) is 0.503. The van der Waals surface area contributed by atoms with Crippen molar-refractivity contribution in [3.05, 3.63) is 10.1 Å². The van der Waals surface area contributed by atoms with Crippen LogP contribution in [0.2, 0.25) is 0 Å². The molecule has 1 rings (SSSR count). The standard InChI is InChI=1S/C7H11N3O5S/c1-4(2-15-10(13)14)8-6(11)5-3-16-7(12)9-5/h4-5H,2-3H2,1H3,(H,8,11)(H,9,12)/t4?,5-/m0/s1. The van der Waals surface area contributed by atoms with E-state index in [2.05, 4.69) is 15.5 Å². The molecule has 1 aliphatic heterocycles. The number of carbonyl (C=O) groups is 2. The van der Waals surface area contributed by atoms with Crippen LogP contribution in [0.4, 0.5) is 4.79 Å². The van der Waals surface area contributed by atoms with Crippen molar-refractivity contribution >= 4 is 22.9 Å². The maximum absolute atomic E-state index is 11.5. The predicted octanol–water partition coefficient (Wildman–Crippen LogP) is -0.476. The summed E-state index contributed by atoms with van der Waals surface area (Å²) in [5, 5.41) is 13.7. The van der Waals surface area contributed by atoms with Gasteiger partial charge < -0.3 is 15.5 Å². The fourth-order valence-electron chi connectivity index (χ4n) is 1.08. The predicted molar refractivity (Wildman–Crippen MR) is 55.3 cm³/mol. The first-order chi connectivity index (χ1) is 7.49. The van der Waals surface area contributed by atoms with Gasteiger partial charge in [-0.3, -0.25) is 9.59 Å². The third-order valence-electron chi connectivity index (χ3n) is 1.81. The molecule has 1 saturated heterocycles. The summed E-state index contributed by atoms with van der Waals surface area (Å²) in [6, 6.07) is -1.06. The van der Waals surface area contributed by atoms with Crippen molar-refractivity contribution in [2.75, 3.05) is 12.4 Å². The number of hydrogen-bond acceptors (Lipinski definition) is 6. The minimum absolute atomic E-state index is 0.216. The summed E-state index contributed by atoms with van der Waals surface area (Å²) in [6.07, 6.45) is 0. The molecule has 2 atom stereocenters. The molecule has 0 aromatic carbocycles. The Labute approximate surface area is 95.2 Å². The Kier molecular flexibility index (Phi) is 4.35. The van der Waals surface area contributed by atoms with E-state index in [0.717, 1.165) is 11.8 Å². The van der Waals surface area contributed by atoms with Gasteiger partial charge in [-0.1, -0.05) is 11.8 Å². The second-order valence-electron chi connectivity index (χ2n) is 3.22. The lowest BCUT2D eigenvalue weighted by atomic mass is 10.3. The highest BCUT2D eigenvalue weighted by molar-refractivity contribution is 8.14. The van der Waals surface area contributed by atoms with Crippen LogP contribution < -0.4 is 10.6 Å². The summed E-state index contributed by atoms with van der Waals surface area (Å²) < 4.78 is 0. The lowest BCUT2D eigenvalue weighted by molar-refractivity contribution is -0.758. The van der Waals surface area contributed by atoms with Gasteiger partial charge in [0, 0.05) is 11.8 Å². The minimum Gasteiger partial charge on any atom is -0.350 e. The number of thioether (sulfide) groups is 1. The molecule has 0 saturated carbocycles. The average molecular weight is 249 g/mol. The molecule has 1 unspecified atom stereocenters. The summed E-state index contributed by atoms with van der Waals surface area (Å²) in [6.45, 7) is 1.36. The van der Waals surface area contributed by atoms with Crippen LogP contribution in [0, 0.1) is 10.1 Å². The molecule has 1 fully saturated rings. The topological polar surface area (TPSA) is 111 Å². The Morgan fingerprint density at radius 1 is 1.88 bits per heavy atom. The van der Waals surface area contributed by atoms with Crippen molar-refractivity contribution in [3.8, 4) is 0 Å². The first kappa shape index (κ1) is 12.6. The molecule has 9 heteroatoms. The summed E-state index contributed by atoms with van der Waals surface area (Å²) in [5.41, 5.74) is 0. The molecule has 2 amide bonds. The molecular formula is C7H11N3O5S. The molecule has 0 bridgehead atoms. The van der Waals surface area contributed by atoms with Crippen molar-refractivity contribution in [2.45, 2.75) is 19.0 Å². The van der Waals surface area contributed by atoms with Gasteiger partial charge in [0.05, 0.1) is 0 Å². The second kappa shape index (κ2) is 5.54. The van der Waals surface area contributed by atoms with Crippen molar-refractivity contribution in [3.63, 3.8) is 0 Å². The summed E-state index contributed by atoms with van der Waals surface area (Å²) in [5.74, 6) is 0.00538. The zero-order valence-corrected chi connectivity index (χ0v) is 9.28. The number of rotatable bonds is 5. The first-order valence-electron chi connectivity index (χ1n) is 4.50. The number of amides is 2. The van der Waals surface area contributed by atoms with Crippen LogP contribution in [-0.2, 0) is 9.63 Å². The average Bonchev–Trinajstić information content (AvgIpc) is 2.62. The van der Waals surface area contributed by atoms with Gasteiger partial charge in [0.2, 0.25) is 5.91 Å². The molecule has 8 nitrogen and oxygen atoms in total. The van der Waals surface area contributed by atoms with Crippen LogP contribution in [-0.4, -0.2) is 40.7 Å². The molecule has 16 heavy (non-hydrogen) atoms. The van der Waals surface area contributed by atoms with Gasteiger partial charge in [-0.15, -0.1) is 10.1 Å². The molecule has 0 radical (unpaired) electrons. The first-order valence-corrected chi connectivity index (χ1v) is 5.48.